The largest absolute Gasteiger partial charge is 0.357 e. The SMILES string of the molecule is CC(C)N(C)c1ccc2cc(NC(=O)CCc3ccc(S(C)(=O)=O)cc3)ccc2n1. The van der Waals surface area contributed by atoms with E-state index < -0.39 is 9.84 Å². The molecule has 7 heteroatoms. The fraction of sp³-hybridized carbons (Fsp3) is 0.304. The molecule has 0 saturated carbocycles. The number of fused-ring (bicyclic) bond motifs is 1. The van der Waals surface area contributed by atoms with Gasteiger partial charge in [-0.2, -0.15) is 0 Å². The molecule has 0 unspecified atom stereocenters. The number of hydrogen-bond donors (Lipinski definition) is 1. The summed E-state index contributed by atoms with van der Waals surface area (Å²) in [5.74, 6) is 0.821. The van der Waals surface area contributed by atoms with Gasteiger partial charge in [0.1, 0.15) is 5.82 Å². The summed E-state index contributed by atoms with van der Waals surface area (Å²) in [5, 5.41) is 3.89. The normalized spacial score (nSPS) is 11.6. The second-order valence-electron chi connectivity index (χ2n) is 7.75. The van der Waals surface area contributed by atoms with Crippen LogP contribution in [0.2, 0.25) is 0 Å². The van der Waals surface area contributed by atoms with Gasteiger partial charge >= 0.3 is 0 Å². The lowest BCUT2D eigenvalue weighted by Gasteiger charge is -2.22. The maximum atomic E-state index is 12.3. The highest BCUT2D eigenvalue weighted by Gasteiger charge is 2.10. The Morgan fingerprint density at radius 1 is 1.07 bits per heavy atom. The van der Waals surface area contributed by atoms with Crippen LogP contribution in [0.15, 0.2) is 59.5 Å². The number of benzene rings is 2. The zero-order valence-electron chi connectivity index (χ0n) is 17.7. The molecule has 0 aliphatic rings. The Bertz CT molecular complexity index is 1160. The van der Waals surface area contributed by atoms with E-state index in [1.165, 1.54) is 6.26 Å². The summed E-state index contributed by atoms with van der Waals surface area (Å²) in [6.45, 7) is 4.23. The maximum Gasteiger partial charge on any atom is 0.224 e. The van der Waals surface area contributed by atoms with Crippen molar-refractivity contribution in [1.82, 2.24) is 4.98 Å². The van der Waals surface area contributed by atoms with Gasteiger partial charge in [-0.25, -0.2) is 13.4 Å². The molecule has 0 aliphatic carbocycles. The predicted molar refractivity (Wildman–Crippen MR) is 122 cm³/mol. The minimum Gasteiger partial charge on any atom is -0.357 e. The Morgan fingerprint density at radius 2 is 1.77 bits per heavy atom. The van der Waals surface area contributed by atoms with Crippen molar-refractivity contribution >= 4 is 38.2 Å². The number of hydrogen-bond acceptors (Lipinski definition) is 5. The summed E-state index contributed by atoms with van der Waals surface area (Å²) in [7, 11) is -1.19. The topological polar surface area (TPSA) is 79.4 Å². The third-order valence-corrected chi connectivity index (χ3v) is 6.21. The average Bonchev–Trinajstić information content (AvgIpc) is 2.71. The molecular formula is C23H27N3O3S. The molecule has 3 aromatic rings. The molecule has 1 N–H and O–H groups in total. The van der Waals surface area contributed by atoms with Crippen LogP contribution in [-0.2, 0) is 21.1 Å². The van der Waals surface area contributed by atoms with Crippen molar-refractivity contribution in [3.8, 4) is 0 Å². The molecule has 1 amide bonds. The average molecular weight is 426 g/mol. The van der Waals surface area contributed by atoms with Gasteiger partial charge in [-0.3, -0.25) is 4.79 Å². The van der Waals surface area contributed by atoms with Crippen molar-refractivity contribution in [3.05, 3.63) is 60.2 Å². The van der Waals surface area contributed by atoms with Crippen molar-refractivity contribution in [1.29, 1.82) is 0 Å². The molecule has 1 aromatic heterocycles. The minimum atomic E-state index is -3.21. The number of amides is 1. The second-order valence-corrected chi connectivity index (χ2v) is 9.76. The van der Waals surface area contributed by atoms with Gasteiger partial charge in [0.05, 0.1) is 10.4 Å². The van der Waals surface area contributed by atoms with Gasteiger partial charge in [-0.15, -0.1) is 0 Å². The number of nitrogens with one attached hydrogen (secondary N) is 1. The Kier molecular flexibility index (Phi) is 6.41. The van der Waals surface area contributed by atoms with E-state index in [9.17, 15) is 13.2 Å². The van der Waals surface area contributed by atoms with Crippen molar-refractivity contribution in [2.24, 2.45) is 0 Å². The molecule has 2 aromatic carbocycles. The second kappa shape index (κ2) is 8.83. The lowest BCUT2D eigenvalue weighted by Crippen LogP contribution is -2.26. The standard InChI is InChI=1S/C23H27N3O3S/c1-16(2)26(3)22-13-8-18-15-19(9-12-21(18)25-22)24-23(27)14-7-17-5-10-20(11-6-17)30(4,28)29/h5-6,8-13,15-16H,7,14H2,1-4H3,(H,24,27). The first-order valence-electron chi connectivity index (χ1n) is 9.86. The van der Waals surface area contributed by atoms with Crippen LogP contribution in [0.25, 0.3) is 10.9 Å². The molecule has 6 nitrogen and oxygen atoms in total. The van der Waals surface area contributed by atoms with Gasteiger partial charge in [-0.1, -0.05) is 12.1 Å². The van der Waals surface area contributed by atoms with Crippen LogP contribution < -0.4 is 10.2 Å². The van der Waals surface area contributed by atoms with Gasteiger partial charge in [-0.05, 0) is 68.3 Å². The summed E-state index contributed by atoms with van der Waals surface area (Å²) in [5.41, 5.74) is 2.53. The van der Waals surface area contributed by atoms with Crippen LogP contribution in [0.3, 0.4) is 0 Å². The molecule has 3 rings (SSSR count). The van der Waals surface area contributed by atoms with E-state index in [0.717, 1.165) is 28.0 Å². The minimum absolute atomic E-state index is 0.0920. The third kappa shape index (κ3) is 5.36. The van der Waals surface area contributed by atoms with Crippen LogP contribution in [0.1, 0.15) is 25.8 Å². The van der Waals surface area contributed by atoms with Crippen molar-refractivity contribution < 1.29 is 13.2 Å². The fourth-order valence-electron chi connectivity index (χ4n) is 3.04. The molecule has 0 fully saturated rings. The Balaban J connectivity index is 1.62. The molecule has 0 saturated heterocycles. The number of pyridine rings is 1. The number of carbonyl (C=O) groups excluding carboxylic acids is 1. The Labute approximate surface area is 177 Å². The van der Waals surface area contributed by atoms with Crippen LogP contribution in [-0.4, -0.2) is 38.7 Å². The summed E-state index contributed by atoms with van der Waals surface area (Å²) in [6, 6.07) is 16.7. The van der Waals surface area contributed by atoms with Crippen LogP contribution in [0.4, 0.5) is 11.5 Å². The summed E-state index contributed by atoms with van der Waals surface area (Å²) >= 11 is 0. The molecule has 30 heavy (non-hydrogen) atoms. The molecule has 0 atom stereocenters. The third-order valence-electron chi connectivity index (χ3n) is 5.09. The van der Waals surface area contributed by atoms with E-state index in [4.69, 9.17) is 0 Å². The summed E-state index contributed by atoms with van der Waals surface area (Å²) < 4.78 is 23.0. The Morgan fingerprint density at radius 3 is 2.40 bits per heavy atom. The highest BCUT2D eigenvalue weighted by atomic mass is 32.2. The quantitative estimate of drug-likeness (QED) is 0.618. The van der Waals surface area contributed by atoms with Gasteiger partial charge in [0.25, 0.3) is 0 Å². The van der Waals surface area contributed by atoms with Crippen molar-refractivity contribution in [3.63, 3.8) is 0 Å². The van der Waals surface area contributed by atoms with Gasteiger partial charge in [0.2, 0.25) is 5.91 Å². The molecule has 158 valence electrons. The van der Waals surface area contributed by atoms with Crippen LogP contribution in [0.5, 0.6) is 0 Å². The highest BCUT2D eigenvalue weighted by molar-refractivity contribution is 7.90. The summed E-state index contributed by atoms with van der Waals surface area (Å²) in [4.78, 5) is 19.4. The first-order valence-corrected chi connectivity index (χ1v) is 11.7. The molecule has 0 radical (unpaired) electrons. The van der Waals surface area contributed by atoms with Gasteiger partial charge in [0, 0.05) is 36.8 Å². The van der Waals surface area contributed by atoms with E-state index in [1.54, 1.807) is 24.3 Å². The van der Waals surface area contributed by atoms with E-state index in [0.29, 0.717) is 18.9 Å². The summed E-state index contributed by atoms with van der Waals surface area (Å²) in [6.07, 6.45) is 2.03. The zero-order chi connectivity index (χ0) is 21.9. The molecule has 0 aliphatic heterocycles. The number of rotatable bonds is 7. The van der Waals surface area contributed by atoms with Crippen LogP contribution >= 0.6 is 0 Å². The lowest BCUT2D eigenvalue weighted by molar-refractivity contribution is -0.116. The van der Waals surface area contributed by atoms with Crippen molar-refractivity contribution in [2.75, 3.05) is 23.5 Å². The molecule has 0 spiro atoms. The van der Waals surface area contributed by atoms with Crippen LogP contribution in [0, 0.1) is 0 Å². The number of aryl methyl sites for hydroxylation is 1. The maximum absolute atomic E-state index is 12.3. The van der Waals surface area contributed by atoms with E-state index in [1.807, 2.05) is 37.4 Å². The first-order chi connectivity index (χ1) is 14.1. The van der Waals surface area contributed by atoms with Gasteiger partial charge in [0.15, 0.2) is 9.84 Å². The number of anilines is 2. The smallest absolute Gasteiger partial charge is 0.224 e. The predicted octanol–water partition coefficient (Wildman–Crippen LogP) is 4.05. The number of sulfone groups is 1. The lowest BCUT2D eigenvalue weighted by atomic mass is 10.1. The zero-order valence-corrected chi connectivity index (χ0v) is 18.5. The van der Waals surface area contributed by atoms with E-state index in [-0.39, 0.29) is 10.8 Å². The van der Waals surface area contributed by atoms with E-state index >= 15 is 0 Å². The number of aromatic nitrogens is 1. The molecule has 1 heterocycles. The first kappa shape index (κ1) is 21.8. The van der Waals surface area contributed by atoms with Crippen molar-refractivity contribution in [2.45, 2.75) is 37.6 Å². The fourth-order valence-corrected chi connectivity index (χ4v) is 3.67. The molecular weight excluding hydrogens is 398 g/mol. The Hall–Kier alpha value is -2.93. The number of carbonyl (C=O) groups is 1. The highest BCUT2D eigenvalue weighted by Crippen LogP contribution is 2.22. The monoisotopic (exact) mass is 425 g/mol. The van der Waals surface area contributed by atoms with Gasteiger partial charge < -0.3 is 10.2 Å². The molecule has 0 bridgehead atoms. The number of nitrogens with zero attached hydrogens (tertiary/aromatic N) is 2. The van der Waals surface area contributed by atoms with E-state index in [2.05, 4.69) is 29.0 Å².